The van der Waals surface area contributed by atoms with Crippen LogP contribution in [0.4, 0.5) is 9.18 Å². The average Bonchev–Trinajstić information content (AvgIpc) is 3.20. The zero-order valence-corrected chi connectivity index (χ0v) is 19.1. The van der Waals surface area contributed by atoms with Crippen LogP contribution in [-0.4, -0.2) is 67.7 Å². The molecule has 0 aliphatic carbocycles. The summed E-state index contributed by atoms with van der Waals surface area (Å²) in [5.74, 6) is -0.00883. The van der Waals surface area contributed by atoms with Crippen molar-refractivity contribution < 1.29 is 32.7 Å². The van der Waals surface area contributed by atoms with E-state index < -0.39 is 12.0 Å². The lowest BCUT2D eigenvalue weighted by atomic mass is 10.2. The van der Waals surface area contributed by atoms with E-state index in [0.717, 1.165) is 5.56 Å². The Morgan fingerprint density at radius 3 is 2.39 bits per heavy atom. The number of carbonyl (C=O) groups is 3. The molecule has 1 heterocycles. The van der Waals surface area contributed by atoms with E-state index in [0.29, 0.717) is 11.5 Å². The first-order chi connectivity index (χ1) is 15.8. The maximum absolute atomic E-state index is 13.3. The third-order valence-electron chi connectivity index (χ3n) is 4.65. The summed E-state index contributed by atoms with van der Waals surface area (Å²) in [7, 11) is 1.48. The lowest BCUT2D eigenvalue weighted by Crippen LogP contribution is -2.48. The molecule has 0 aliphatic heterocycles. The summed E-state index contributed by atoms with van der Waals surface area (Å²) in [5.41, 5.74) is 0.725. The number of esters is 1. The van der Waals surface area contributed by atoms with Crippen LogP contribution in [0.2, 0.25) is 0 Å². The Morgan fingerprint density at radius 2 is 1.79 bits per heavy atom. The number of nitrogens with zero attached hydrogens (tertiary/aromatic N) is 2. The second kappa shape index (κ2) is 13.2. The second-order valence-corrected chi connectivity index (χ2v) is 7.27. The van der Waals surface area contributed by atoms with Crippen LogP contribution in [0.1, 0.15) is 24.0 Å². The number of furan rings is 1. The van der Waals surface area contributed by atoms with Gasteiger partial charge in [0.15, 0.2) is 0 Å². The van der Waals surface area contributed by atoms with Gasteiger partial charge in [-0.2, -0.15) is 0 Å². The molecule has 0 atom stereocenters. The van der Waals surface area contributed by atoms with Gasteiger partial charge in [0.2, 0.25) is 5.91 Å². The predicted molar refractivity (Wildman–Crippen MR) is 118 cm³/mol. The molecule has 1 aromatic carbocycles. The van der Waals surface area contributed by atoms with E-state index in [1.165, 1.54) is 29.0 Å². The highest BCUT2D eigenvalue weighted by Gasteiger charge is 2.23. The quantitative estimate of drug-likeness (QED) is 0.486. The summed E-state index contributed by atoms with van der Waals surface area (Å²) >= 11 is 0. The van der Waals surface area contributed by atoms with Crippen LogP contribution in [0.25, 0.3) is 0 Å². The maximum atomic E-state index is 13.3. The van der Waals surface area contributed by atoms with Crippen LogP contribution in [0.3, 0.4) is 0 Å². The third-order valence-corrected chi connectivity index (χ3v) is 4.65. The molecule has 0 aliphatic rings. The van der Waals surface area contributed by atoms with Crippen LogP contribution in [-0.2, 0) is 32.2 Å². The largest absolute Gasteiger partial charge is 0.465 e. The number of benzene rings is 1. The van der Waals surface area contributed by atoms with Crippen molar-refractivity contribution in [2.45, 2.75) is 26.9 Å². The molecule has 0 radical (unpaired) electrons. The number of aryl methyl sites for hydroxylation is 1. The summed E-state index contributed by atoms with van der Waals surface area (Å²) in [6.07, 6.45) is 0. The Labute approximate surface area is 192 Å². The lowest BCUT2D eigenvalue weighted by molar-refractivity contribution is -0.141. The molecule has 2 rings (SSSR count). The number of carbonyl (C=O) groups excluding carboxylic acids is 3. The first-order valence-electron chi connectivity index (χ1n) is 10.6. The van der Waals surface area contributed by atoms with E-state index in [-0.39, 0.29) is 57.7 Å². The molecule has 180 valence electrons. The summed E-state index contributed by atoms with van der Waals surface area (Å²) in [6, 6.07) is 8.81. The van der Waals surface area contributed by atoms with Crippen LogP contribution in [0, 0.1) is 12.7 Å². The summed E-state index contributed by atoms with van der Waals surface area (Å²) < 4.78 is 28.8. The molecular weight excluding hydrogens is 433 g/mol. The number of halogens is 1. The van der Waals surface area contributed by atoms with Gasteiger partial charge in [0.25, 0.3) is 0 Å². The van der Waals surface area contributed by atoms with Gasteiger partial charge in [-0.1, -0.05) is 12.1 Å². The molecule has 2 aromatic rings. The first-order valence-corrected chi connectivity index (χ1v) is 10.6. The van der Waals surface area contributed by atoms with Gasteiger partial charge >= 0.3 is 12.0 Å². The van der Waals surface area contributed by atoms with Gasteiger partial charge in [0, 0.05) is 20.2 Å². The second-order valence-electron chi connectivity index (χ2n) is 7.27. The standard InChI is InChI=1S/C23H30FN3O6/c1-4-32-22(29)13-25-23(30)26(11-12-31-3)16-21(28)27(15-20-10-5-17(2)33-20)14-18-6-8-19(24)9-7-18/h5-10H,4,11-16H2,1-3H3,(H,25,30). The van der Waals surface area contributed by atoms with Gasteiger partial charge < -0.3 is 29.0 Å². The van der Waals surface area contributed by atoms with Crippen LogP contribution in [0.5, 0.6) is 0 Å². The molecule has 0 spiro atoms. The third kappa shape index (κ3) is 8.93. The van der Waals surface area contributed by atoms with Crippen molar-refractivity contribution in [3.05, 3.63) is 59.3 Å². The van der Waals surface area contributed by atoms with Gasteiger partial charge in [-0.3, -0.25) is 9.59 Å². The molecule has 0 saturated heterocycles. The van der Waals surface area contributed by atoms with Crippen molar-refractivity contribution in [1.82, 2.24) is 15.1 Å². The molecule has 33 heavy (non-hydrogen) atoms. The minimum absolute atomic E-state index is 0.140. The molecule has 1 aromatic heterocycles. The summed E-state index contributed by atoms with van der Waals surface area (Å²) in [6.45, 7) is 3.82. The highest BCUT2D eigenvalue weighted by Crippen LogP contribution is 2.14. The normalized spacial score (nSPS) is 10.5. The lowest BCUT2D eigenvalue weighted by Gasteiger charge is -2.27. The Hall–Kier alpha value is -3.40. The fourth-order valence-corrected chi connectivity index (χ4v) is 2.99. The van der Waals surface area contributed by atoms with Gasteiger partial charge in [-0.05, 0) is 43.7 Å². The molecule has 0 bridgehead atoms. The van der Waals surface area contributed by atoms with Gasteiger partial charge in [-0.25, -0.2) is 9.18 Å². The maximum Gasteiger partial charge on any atom is 0.325 e. The molecule has 1 N–H and O–H groups in total. The van der Waals surface area contributed by atoms with E-state index in [1.54, 1.807) is 38.1 Å². The van der Waals surface area contributed by atoms with Crippen molar-refractivity contribution in [2.75, 3.05) is 40.0 Å². The Balaban J connectivity index is 2.13. The molecule has 0 fully saturated rings. The number of urea groups is 1. The minimum Gasteiger partial charge on any atom is -0.465 e. The molecular formula is C23H30FN3O6. The summed E-state index contributed by atoms with van der Waals surface area (Å²) in [5, 5.41) is 2.46. The SMILES string of the molecule is CCOC(=O)CNC(=O)N(CCOC)CC(=O)N(Cc1ccc(F)cc1)Cc1ccc(C)o1. The molecule has 3 amide bonds. The first kappa shape index (κ1) is 25.9. The number of hydrogen-bond donors (Lipinski definition) is 1. The van der Waals surface area contributed by atoms with Crippen molar-refractivity contribution in [3.63, 3.8) is 0 Å². The van der Waals surface area contributed by atoms with Crippen molar-refractivity contribution in [3.8, 4) is 0 Å². The van der Waals surface area contributed by atoms with Crippen LogP contribution < -0.4 is 5.32 Å². The van der Waals surface area contributed by atoms with Gasteiger partial charge in [0.1, 0.15) is 30.4 Å². The predicted octanol–water partition coefficient (Wildman–Crippen LogP) is 2.48. The van der Waals surface area contributed by atoms with Crippen molar-refractivity contribution in [2.24, 2.45) is 0 Å². The Bertz CT molecular complexity index is 915. The van der Waals surface area contributed by atoms with Gasteiger partial charge in [-0.15, -0.1) is 0 Å². The van der Waals surface area contributed by atoms with E-state index in [4.69, 9.17) is 13.9 Å². The Morgan fingerprint density at radius 1 is 1.06 bits per heavy atom. The van der Waals surface area contributed by atoms with Crippen LogP contribution in [0.15, 0.2) is 40.8 Å². The number of methoxy groups -OCH3 is 1. The number of rotatable bonds is 12. The van der Waals surface area contributed by atoms with E-state index >= 15 is 0 Å². The molecule has 0 saturated carbocycles. The zero-order chi connectivity index (χ0) is 24.2. The summed E-state index contributed by atoms with van der Waals surface area (Å²) in [4.78, 5) is 40.1. The number of hydrogen-bond acceptors (Lipinski definition) is 6. The fraction of sp³-hybridized carbons (Fsp3) is 0.435. The highest BCUT2D eigenvalue weighted by atomic mass is 19.1. The molecule has 10 heteroatoms. The molecule has 0 unspecified atom stereocenters. The smallest absolute Gasteiger partial charge is 0.325 e. The zero-order valence-electron chi connectivity index (χ0n) is 19.1. The van der Waals surface area contributed by atoms with E-state index in [2.05, 4.69) is 5.32 Å². The highest BCUT2D eigenvalue weighted by molar-refractivity contribution is 5.86. The van der Waals surface area contributed by atoms with E-state index in [1.807, 2.05) is 0 Å². The average molecular weight is 464 g/mol. The van der Waals surface area contributed by atoms with Crippen molar-refractivity contribution in [1.29, 1.82) is 0 Å². The number of amides is 3. The fourth-order valence-electron chi connectivity index (χ4n) is 2.99. The van der Waals surface area contributed by atoms with Crippen LogP contribution >= 0.6 is 0 Å². The number of nitrogens with one attached hydrogen (secondary N) is 1. The minimum atomic E-state index is -0.593. The number of ether oxygens (including phenoxy) is 2. The molecule has 9 nitrogen and oxygen atoms in total. The van der Waals surface area contributed by atoms with Gasteiger partial charge in [0.05, 0.1) is 19.8 Å². The monoisotopic (exact) mass is 463 g/mol. The topological polar surface area (TPSA) is 101 Å². The van der Waals surface area contributed by atoms with Crippen molar-refractivity contribution >= 4 is 17.9 Å². The Kier molecular flexibility index (Phi) is 10.4. The van der Waals surface area contributed by atoms with E-state index in [9.17, 15) is 18.8 Å².